The maximum Gasteiger partial charge on any atom is 0.243 e. The zero-order valence-electron chi connectivity index (χ0n) is 24.2. The van der Waals surface area contributed by atoms with Crippen molar-refractivity contribution in [1.82, 2.24) is 10.4 Å². The second-order valence-corrected chi connectivity index (χ2v) is 10.3. The number of hydrogen-bond donors (Lipinski definition) is 2. The first-order valence-electron chi connectivity index (χ1n) is 14.1. The van der Waals surface area contributed by atoms with Gasteiger partial charge >= 0.3 is 0 Å². The van der Waals surface area contributed by atoms with E-state index < -0.39 is 0 Å². The minimum absolute atomic E-state index is 0.292. The lowest BCUT2D eigenvalue weighted by molar-refractivity contribution is -0.129. The van der Waals surface area contributed by atoms with Gasteiger partial charge in [0.2, 0.25) is 5.91 Å². The summed E-state index contributed by atoms with van der Waals surface area (Å²) in [7, 11) is 2.03. The number of carbonyl (C=O) groups is 1. The topological polar surface area (TPSA) is 94.8 Å². The summed E-state index contributed by atoms with van der Waals surface area (Å²) in [4.78, 5) is 13.5. The number of rotatable bonds is 14. The normalized spacial score (nSPS) is 10.7. The van der Waals surface area contributed by atoms with E-state index in [2.05, 4.69) is 48.2 Å². The molecule has 0 saturated carbocycles. The average molecular weight is 564 g/mol. The number of nitrogens with zero attached hydrogens (tertiary/aromatic N) is 2. The van der Waals surface area contributed by atoms with Crippen LogP contribution in [0.5, 0.6) is 11.5 Å². The van der Waals surface area contributed by atoms with E-state index in [9.17, 15) is 10.1 Å². The third-order valence-corrected chi connectivity index (χ3v) is 7.17. The fraction of sp³-hybridized carbons (Fsp3) is 0.257. The van der Waals surface area contributed by atoms with Crippen LogP contribution in [0.4, 0.5) is 0 Å². The lowest BCUT2D eigenvalue weighted by Gasteiger charge is -2.20. The minimum Gasteiger partial charge on any atom is -0.489 e. The summed E-state index contributed by atoms with van der Waals surface area (Å²) >= 11 is 0. The summed E-state index contributed by atoms with van der Waals surface area (Å²) in [5, 5.41) is 17.9. The van der Waals surface area contributed by atoms with E-state index in [1.165, 1.54) is 16.7 Å². The van der Waals surface area contributed by atoms with Crippen LogP contribution in [0.15, 0.2) is 91.0 Å². The highest BCUT2D eigenvalue weighted by molar-refractivity contribution is 5.74. The van der Waals surface area contributed by atoms with Crippen molar-refractivity contribution < 1.29 is 19.5 Å². The zero-order valence-corrected chi connectivity index (χ0v) is 24.2. The molecule has 1 amide bonds. The van der Waals surface area contributed by atoms with Crippen molar-refractivity contribution in [3.8, 4) is 28.7 Å². The predicted octanol–water partition coefficient (Wildman–Crippen LogP) is 6.80. The van der Waals surface area contributed by atoms with E-state index in [0.717, 1.165) is 35.4 Å². The highest BCUT2D eigenvalue weighted by Gasteiger charge is 2.12. The number of carbonyl (C=O) groups excluding carboxylic acids is 1. The van der Waals surface area contributed by atoms with E-state index in [1.54, 1.807) is 11.5 Å². The summed E-state index contributed by atoms with van der Waals surface area (Å²) in [6, 6.07) is 32.1. The van der Waals surface area contributed by atoms with Gasteiger partial charge in [0.05, 0.1) is 11.6 Å². The molecule has 0 aliphatic rings. The first kappa shape index (κ1) is 30.3. The zero-order chi connectivity index (χ0) is 29.7. The second kappa shape index (κ2) is 15.4. The van der Waals surface area contributed by atoms with Crippen LogP contribution < -0.4 is 15.0 Å². The Kier molecular flexibility index (Phi) is 11.1. The number of nitrogens with one attached hydrogen (secondary N) is 1. The molecule has 2 N–H and O–H groups in total. The number of nitriles is 1. The molecule has 0 bridgehead atoms. The summed E-state index contributed by atoms with van der Waals surface area (Å²) in [5.74, 6) is 1.06. The molecule has 216 valence electrons. The third kappa shape index (κ3) is 8.68. The van der Waals surface area contributed by atoms with E-state index in [0.29, 0.717) is 43.9 Å². The summed E-state index contributed by atoms with van der Waals surface area (Å²) < 4.78 is 12.6. The molecule has 0 fully saturated rings. The summed E-state index contributed by atoms with van der Waals surface area (Å²) in [6.45, 7) is 4.32. The Balaban J connectivity index is 1.47. The molecule has 0 heterocycles. The molecular weight excluding hydrogens is 526 g/mol. The number of benzene rings is 4. The smallest absolute Gasteiger partial charge is 0.243 e. The lowest BCUT2D eigenvalue weighted by atomic mass is 9.97. The van der Waals surface area contributed by atoms with Gasteiger partial charge in [-0.15, -0.1) is 0 Å². The van der Waals surface area contributed by atoms with Gasteiger partial charge in [0.15, 0.2) is 0 Å². The molecule has 7 heteroatoms. The van der Waals surface area contributed by atoms with Crippen LogP contribution in [-0.2, 0) is 24.6 Å². The fourth-order valence-corrected chi connectivity index (χ4v) is 4.81. The third-order valence-electron chi connectivity index (χ3n) is 7.17. The number of unbranched alkanes of at least 4 members (excludes halogenated alkanes) is 1. The molecular formula is C35H37N3O4. The van der Waals surface area contributed by atoms with Gasteiger partial charge in [-0.25, -0.2) is 5.48 Å². The predicted molar refractivity (Wildman–Crippen MR) is 163 cm³/mol. The molecule has 0 atom stereocenters. The van der Waals surface area contributed by atoms with Gasteiger partial charge < -0.3 is 14.4 Å². The Morgan fingerprint density at radius 1 is 0.905 bits per heavy atom. The largest absolute Gasteiger partial charge is 0.489 e. The van der Waals surface area contributed by atoms with Crippen molar-refractivity contribution in [2.75, 3.05) is 13.6 Å². The molecule has 42 heavy (non-hydrogen) atoms. The maximum absolute atomic E-state index is 11.3. The SMILES string of the molecule is Cc1c(COc2ccc(CN(C)CCCCC(=O)NO)c(OCc3cccc(C#N)c3)c2)cccc1-c1ccccc1. The molecule has 0 aliphatic carbocycles. The number of hydroxylamine groups is 1. The second-order valence-electron chi connectivity index (χ2n) is 10.3. The molecule has 4 aromatic carbocycles. The van der Waals surface area contributed by atoms with Crippen LogP contribution in [0.1, 0.15) is 47.1 Å². The Hall–Kier alpha value is -4.64. The van der Waals surface area contributed by atoms with Crippen LogP contribution in [0.3, 0.4) is 0 Å². The van der Waals surface area contributed by atoms with E-state index >= 15 is 0 Å². The van der Waals surface area contributed by atoms with Gasteiger partial charge in [-0.2, -0.15) is 5.26 Å². The van der Waals surface area contributed by atoms with Crippen LogP contribution in [-0.4, -0.2) is 29.6 Å². The summed E-state index contributed by atoms with van der Waals surface area (Å²) in [6.07, 6.45) is 1.80. The van der Waals surface area contributed by atoms with E-state index in [4.69, 9.17) is 14.7 Å². The lowest BCUT2D eigenvalue weighted by Crippen LogP contribution is -2.21. The van der Waals surface area contributed by atoms with Crippen molar-refractivity contribution in [2.45, 2.75) is 45.9 Å². The monoisotopic (exact) mass is 563 g/mol. The van der Waals surface area contributed by atoms with Crippen molar-refractivity contribution in [3.05, 3.63) is 119 Å². The number of ether oxygens (including phenoxy) is 2. The molecule has 0 spiro atoms. The molecule has 4 rings (SSSR count). The molecule has 4 aromatic rings. The van der Waals surface area contributed by atoms with Crippen LogP contribution >= 0.6 is 0 Å². The molecule has 0 saturated heterocycles. The number of amides is 1. The van der Waals surface area contributed by atoms with Crippen molar-refractivity contribution in [1.29, 1.82) is 5.26 Å². The fourth-order valence-electron chi connectivity index (χ4n) is 4.81. The van der Waals surface area contributed by atoms with Gasteiger partial charge in [0.1, 0.15) is 24.7 Å². The quantitative estimate of drug-likeness (QED) is 0.0996. The standard InChI is InChI=1S/C35H37N3O4/c1-26-31(14-9-15-33(26)29-12-4-3-5-13-29)25-41-32-18-17-30(23-38(2)19-7-6-16-35(39)37-40)34(21-32)42-24-28-11-8-10-27(20-28)22-36/h3-5,8-15,17-18,20-21,40H,6-7,16,19,23-25H2,1-2H3,(H,37,39). The Bertz CT molecular complexity index is 1510. The van der Waals surface area contributed by atoms with E-state index in [-0.39, 0.29) is 5.91 Å². The highest BCUT2D eigenvalue weighted by Crippen LogP contribution is 2.30. The molecule has 7 nitrogen and oxygen atoms in total. The van der Waals surface area contributed by atoms with Crippen molar-refractivity contribution >= 4 is 5.91 Å². The van der Waals surface area contributed by atoms with Crippen molar-refractivity contribution in [2.24, 2.45) is 0 Å². The van der Waals surface area contributed by atoms with Gasteiger partial charge in [-0.1, -0.05) is 66.7 Å². The van der Waals surface area contributed by atoms with Crippen molar-refractivity contribution in [3.63, 3.8) is 0 Å². The first-order valence-corrected chi connectivity index (χ1v) is 14.1. The molecule has 0 aromatic heterocycles. The van der Waals surface area contributed by atoms with Gasteiger partial charge in [-0.05, 0) is 79.4 Å². The van der Waals surface area contributed by atoms with Crippen LogP contribution in [0, 0.1) is 18.3 Å². The maximum atomic E-state index is 11.3. The Labute approximate surface area is 247 Å². The summed E-state index contributed by atoms with van der Waals surface area (Å²) in [5.41, 5.74) is 8.87. The minimum atomic E-state index is -0.369. The van der Waals surface area contributed by atoms with Crippen LogP contribution in [0.25, 0.3) is 11.1 Å². The first-order chi connectivity index (χ1) is 20.5. The van der Waals surface area contributed by atoms with Gasteiger partial charge in [-0.3, -0.25) is 10.0 Å². The van der Waals surface area contributed by atoms with Crippen LogP contribution in [0.2, 0.25) is 0 Å². The van der Waals surface area contributed by atoms with Gasteiger partial charge in [0.25, 0.3) is 0 Å². The Morgan fingerprint density at radius 3 is 2.50 bits per heavy atom. The van der Waals surface area contributed by atoms with E-state index in [1.807, 2.05) is 61.6 Å². The number of hydrogen-bond acceptors (Lipinski definition) is 6. The molecule has 0 unspecified atom stereocenters. The average Bonchev–Trinajstić information content (AvgIpc) is 3.02. The Morgan fingerprint density at radius 2 is 1.71 bits per heavy atom. The highest BCUT2D eigenvalue weighted by atomic mass is 16.5. The van der Waals surface area contributed by atoms with Gasteiger partial charge in [0, 0.05) is 24.6 Å². The molecule has 0 radical (unpaired) electrons. The molecule has 0 aliphatic heterocycles.